The van der Waals surface area contributed by atoms with Crippen LogP contribution in [0.3, 0.4) is 0 Å². The molecule has 1 aliphatic rings. The topological polar surface area (TPSA) is 38.9 Å². The predicted molar refractivity (Wildman–Crippen MR) is 89.0 cm³/mol. The van der Waals surface area contributed by atoms with E-state index in [0.29, 0.717) is 0 Å². The zero-order chi connectivity index (χ0) is 15.6. The summed E-state index contributed by atoms with van der Waals surface area (Å²) >= 11 is 0. The van der Waals surface area contributed by atoms with Gasteiger partial charge in [0.25, 0.3) is 0 Å². The standard InChI is InChI=1S/C18H21N5/c1-21-11-16(10-20-21)13-23(18-6-7-18)12-15-2-4-17(5-3-15)22-9-8-19-14-22/h2-5,8-11,14,18H,6-7,12-13H2,1H3. The number of aryl methyl sites for hydroxylation is 1. The number of aromatic nitrogens is 4. The third-order valence-electron chi connectivity index (χ3n) is 4.33. The van der Waals surface area contributed by atoms with Gasteiger partial charge in [0.2, 0.25) is 0 Å². The summed E-state index contributed by atoms with van der Waals surface area (Å²) in [6.07, 6.45) is 12.3. The Kier molecular flexibility index (Phi) is 3.71. The van der Waals surface area contributed by atoms with Gasteiger partial charge in [-0.3, -0.25) is 9.58 Å². The Labute approximate surface area is 136 Å². The first kappa shape index (κ1) is 14.2. The minimum Gasteiger partial charge on any atom is -0.306 e. The summed E-state index contributed by atoms with van der Waals surface area (Å²) in [6.45, 7) is 1.96. The van der Waals surface area contributed by atoms with Crippen LogP contribution in [0.25, 0.3) is 5.69 Å². The highest BCUT2D eigenvalue weighted by Crippen LogP contribution is 2.29. The van der Waals surface area contributed by atoms with E-state index in [1.165, 1.54) is 24.0 Å². The lowest BCUT2D eigenvalue weighted by Crippen LogP contribution is -2.24. The lowest BCUT2D eigenvalue weighted by molar-refractivity contribution is 0.245. The third-order valence-corrected chi connectivity index (χ3v) is 4.33. The van der Waals surface area contributed by atoms with Crippen molar-refractivity contribution in [2.75, 3.05) is 0 Å². The molecule has 118 valence electrons. The lowest BCUT2D eigenvalue weighted by Gasteiger charge is -2.21. The van der Waals surface area contributed by atoms with Crippen LogP contribution >= 0.6 is 0 Å². The summed E-state index contributed by atoms with van der Waals surface area (Å²) in [4.78, 5) is 6.66. The van der Waals surface area contributed by atoms with Gasteiger partial charge in [-0.15, -0.1) is 0 Å². The smallest absolute Gasteiger partial charge is 0.0991 e. The maximum Gasteiger partial charge on any atom is 0.0991 e. The molecule has 1 aromatic carbocycles. The van der Waals surface area contributed by atoms with E-state index in [2.05, 4.69) is 45.4 Å². The van der Waals surface area contributed by atoms with Gasteiger partial charge in [-0.05, 0) is 30.5 Å². The maximum absolute atomic E-state index is 4.28. The van der Waals surface area contributed by atoms with Crippen molar-refractivity contribution in [2.24, 2.45) is 7.05 Å². The van der Waals surface area contributed by atoms with Crippen LogP contribution in [0, 0.1) is 0 Å². The van der Waals surface area contributed by atoms with Gasteiger partial charge in [0, 0.05) is 56.0 Å². The largest absolute Gasteiger partial charge is 0.306 e. The van der Waals surface area contributed by atoms with E-state index in [0.717, 1.165) is 24.8 Å². The second-order valence-corrected chi connectivity index (χ2v) is 6.29. The Hall–Kier alpha value is -2.40. The molecule has 0 saturated heterocycles. The van der Waals surface area contributed by atoms with Gasteiger partial charge in [0.1, 0.15) is 0 Å². The van der Waals surface area contributed by atoms with Crippen LogP contribution in [0.2, 0.25) is 0 Å². The summed E-state index contributed by atoms with van der Waals surface area (Å²) in [5.41, 5.74) is 3.79. The Balaban J connectivity index is 1.46. The highest BCUT2D eigenvalue weighted by atomic mass is 15.2. The molecule has 0 aliphatic heterocycles. The average molecular weight is 307 g/mol. The van der Waals surface area contributed by atoms with Crippen molar-refractivity contribution < 1.29 is 0 Å². The van der Waals surface area contributed by atoms with Gasteiger partial charge in [-0.25, -0.2) is 4.98 Å². The van der Waals surface area contributed by atoms with E-state index in [1.807, 2.05) is 35.0 Å². The highest BCUT2D eigenvalue weighted by Gasteiger charge is 2.29. The van der Waals surface area contributed by atoms with Gasteiger partial charge in [0.15, 0.2) is 0 Å². The van der Waals surface area contributed by atoms with Gasteiger partial charge < -0.3 is 4.57 Å². The molecule has 5 heteroatoms. The molecule has 1 fully saturated rings. The van der Waals surface area contributed by atoms with Crippen molar-refractivity contribution in [2.45, 2.75) is 32.0 Å². The fourth-order valence-corrected chi connectivity index (χ4v) is 2.96. The highest BCUT2D eigenvalue weighted by molar-refractivity contribution is 5.34. The number of nitrogens with zero attached hydrogens (tertiary/aromatic N) is 5. The number of imidazole rings is 1. The van der Waals surface area contributed by atoms with Crippen LogP contribution in [0.1, 0.15) is 24.0 Å². The van der Waals surface area contributed by atoms with Crippen LogP contribution in [0.5, 0.6) is 0 Å². The van der Waals surface area contributed by atoms with Crippen molar-refractivity contribution >= 4 is 0 Å². The number of hydrogen-bond donors (Lipinski definition) is 0. The summed E-state index contributed by atoms with van der Waals surface area (Å²) in [5.74, 6) is 0. The van der Waals surface area contributed by atoms with Crippen LogP contribution in [0.15, 0.2) is 55.4 Å². The zero-order valence-corrected chi connectivity index (χ0v) is 13.3. The average Bonchev–Trinajstić information content (AvgIpc) is 3.10. The molecule has 2 aromatic heterocycles. The lowest BCUT2D eigenvalue weighted by atomic mass is 10.1. The molecule has 0 bridgehead atoms. The molecule has 4 rings (SSSR count). The molecular weight excluding hydrogens is 286 g/mol. The number of rotatable bonds is 6. The second kappa shape index (κ2) is 6.01. The normalized spacial score (nSPS) is 14.5. The van der Waals surface area contributed by atoms with Crippen LogP contribution < -0.4 is 0 Å². The zero-order valence-electron chi connectivity index (χ0n) is 13.3. The monoisotopic (exact) mass is 307 g/mol. The summed E-state index contributed by atoms with van der Waals surface area (Å²) in [6, 6.07) is 9.48. The summed E-state index contributed by atoms with van der Waals surface area (Å²) in [7, 11) is 1.97. The molecule has 0 spiro atoms. The molecular formula is C18H21N5. The maximum atomic E-state index is 4.28. The van der Waals surface area contributed by atoms with Crippen molar-refractivity contribution in [3.8, 4) is 5.69 Å². The first-order chi connectivity index (χ1) is 11.3. The predicted octanol–water partition coefficient (Wildman–Crippen LogP) is 2.77. The number of hydrogen-bond acceptors (Lipinski definition) is 3. The quantitative estimate of drug-likeness (QED) is 0.703. The molecule has 0 amide bonds. The van der Waals surface area contributed by atoms with E-state index in [-0.39, 0.29) is 0 Å². The molecule has 3 aromatic rings. The molecule has 2 heterocycles. The van der Waals surface area contributed by atoms with Crippen molar-refractivity contribution in [1.29, 1.82) is 0 Å². The second-order valence-electron chi connectivity index (χ2n) is 6.29. The molecule has 0 N–H and O–H groups in total. The number of benzene rings is 1. The first-order valence-electron chi connectivity index (χ1n) is 8.07. The SMILES string of the molecule is Cn1cc(CN(Cc2ccc(-n3ccnc3)cc2)C2CC2)cn1. The van der Waals surface area contributed by atoms with Crippen LogP contribution in [0.4, 0.5) is 0 Å². The first-order valence-corrected chi connectivity index (χ1v) is 8.07. The minimum atomic E-state index is 0.725. The molecule has 23 heavy (non-hydrogen) atoms. The van der Waals surface area contributed by atoms with Crippen LogP contribution in [-0.4, -0.2) is 30.3 Å². The fraction of sp³-hybridized carbons (Fsp3) is 0.333. The van der Waals surface area contributed by atoms with Crippen molar-refractivity contribution in [1.82, 2.24) is 24.2 Å². The Bertz CT molecular complexity index is 753. The van der Waals surface area contributed by atoms with Gasteiger partial charge in [0.05, 0.1) is 12.5 Å². The molecule has 1 saturated carbocycles. The summed E-state index contributed by atoms with van der Waals surface area (Å²) < 4.78 is 3.90. The van der Waals surface area contributed by atoms with Crippen molar-refractivity contribution in [3.63, 3.8) is 0 Å². The van der Waals surface area contributed by atoms with Gasteiger partial charge >= 0.3 is 0 Å². The van der Waals surface area contributed by atoms with Gasteiger partial charge in [-0.2, -0.15) is 5.10 Å². The Morgan fingerprint density at radius 1 is 1.13 bits per heavy atom. The van der Waals surface area contributed by atoms with E-state index < -0.39 is 0 Å². The molecule has 0 atom stereocenters. The molecule has 0 unspecified atom stereocenters. The van der Waals surface area contributed by atoms with E-state index in [1.54, 1.807) is 6.20 Å². The van der Waals surface area contributed by atoms with Gasteiger partial charge in [-0.1, -0.05) is 12.1 Å². The Morgan fingerprint density at radius 2 is 1.91 bits per heavy atom. The van der Waals surface area contributed by atoms with Crippen molar-refractivity contribution in [3.05, 3.63) is 66.5 Å². The molecule has 1 aliphatic carbocycles. The minimum absolute atomic E-state index is 0.725. The fourth-order valence-electron chi connectivity index (χ4n) is 2.96. The van der Waals surface area contributed by atoms with E-state index in [9.17, 15) is 0 Å². The molecule has 0 radical (unpaired) electrons. The summed E-state index contributed by atoms with van der Waals surface area (Å²) in [5, 5.41) is 4.28. The van der Waals surface area contributed by atoms with E-state index >= 15 is 0 Å². The molecule has 5 nitrogen and oxygen atoms in total. The third kappa shape index (κ3) is 3.35. The van der Waals surface area contributed by atoms with E-state index in [4.69, 9.17) is 0 Å². The van der Waals surface area contributed by atoms with Crippen LogP contribution in [-0.2, 0) is 20.1 Å². The Morgan fingerprint density at radius 3 is 2.52 bits per heavy atom.